The van der Waals surface area contributed by atoms with Gasteiger partial charge in [-0.2, -0.15) is 0 Å². The van der Waals surface area contributed by atoms with Gasteiger partial charge in [-0.3, -0.25) is 4.79 Å². The van der Waals surface area contributed by atoms with Crippen LogP contribution in [-0.2, 0) is 9.84 Å². The first kappa shape index (κ1) is 14.9. The summed E-state index contributed by atoms with van der Waals surface area (Å²) in [5, 5.41) is 2.65. The first-order valence-electron chi connectivity index (χ1n) is 5.60. The quantitative estimate of drug-likeness (QED) is 0.800. The van der Waals surface area contributed by atoms with Crippen LogP contribution in [0.3, 0.4) is 0 Å². The van der Waals surface area contributed by atoms with Crippen LogP contribution in [0.4, 0.5) is 5.69 Å². The molecule has 1 N–H and O–H groups in total. The third kappa shape index (κ3) is 3.54. The van der Waals surface area contributed by atoms with Crippen LogP contribution in [0.2, 0.25) is 0 Å². The summed E-state index contributed by atoms with van der Waals surface area (Å²) in [5.41, 5.74) is 1.00. The highest BCUT2D eigenvalue weighted by Gasteiger charge is 2.11. The molecule has 1 heterocycles. The van der Waals surface area contributed by atoms with E-state index in [-0.39, 0.29) is 10.9 Å². The Kier molecular flexibility index (Phi) is 4.39. The standard InChI is InChI=1S/C13H11IN2O3S/c1-20(18,19)12-7-6-9(8-15-12)16-13(17)10-4-2-3-5-11(10)14/h2-8H,1H3,(H,16,17). The molecule has 0 bridgehead atoms. The lowest BCUT2D eigenvalue weighted by Gasteiger charge is -2.07. The summed E-state index contributed by atoms with van der Waals surface area (Å²) >= 11 is 2.08. The summed E-state index contributed by atoms with van der Waals surface area (Å²) in [6, 6.07) is 10.1. The van der Waals surface area contributed by atoms with Crippen LogP contribution in [0.5, 0.6) is 0 Å². The number of aromatic nitrogens is 1. The molecule has 7 heteroatoms. The molecule has 2 aromatic rings. The summed E-state index contributed by atoms with van der Waals surface area (Å²) in [7, 11) is -3.33. The van der Waals surface area contributed by atoms with E-state index in [1.54, 1.807) is 12.1 Å². The van der Waals surface area contributed by atoms with Gasteiger partial charge < -0.3 is 5.32 Å². The van der Waals surface area contributed by atoms with Crippen molar-refractivity contribution in [1.82, 2.24) is 4.98 Å². The van der Waals surface area contributed by atoms with Crippen molar-refractivity contribution >= 4 is 44.0 Å². The maximum Gasteiger partial charge on any atom is 0.256 e. The second-order valence-corrected chi connectivity index (χ2v) is 7.22. The highest BCUT2D eigenvalue weighted by molar-refractivity contribution is 14.1. The highest BCUT2D eigenvalue weighted by Crippen LogP contribution is 2.15. The van der Waals surface area contributed by atoms with E-state index in [1.165, 1.54) is 18.3 Å². The average Bonchev–Trinajstić information content (AvgIpc) is 2.38. The van der Waals surface area contributed by atoms with Gasteiger partial charge in [0.2, 0.25) is 0 Å². The van der Waals surface area contributed by atoms with Gasteiger partial charge in [0.25, 0.3) is 5.91 Å². The lowest BCUT2D eigenvalue weighted by molar-refractivity contribution is 0.102. The summed E-state index contributed by atoms with van der Waals surface area (Å²) < 4.78 is 23.4. The summed E-state index contributed by atoms with van der Waals surface area (Å²) in [6.45, 7) is 0. The van der Waals surface area contributed by atoms with Gasteiger partial charge in [0.15, 0.2) is 14.9 Å². The fourth-order valence-electron chi connectivity index (χ4n) is 1.52. The van der Waals surface area contributed by atoms with Crippen molar-refractivity contribution in [2.45, 2.75) is 5.03 Å². The van der Waals surface area contributed by atoms with E-state index < -0.39 is 9.84 Å². The van der Waals surface area contributed by atoms with Gasteiger partial charge >= 0.3 is 0 Å². The number of sulfone groups is 1. The Labute approximate surface area is 130 Å². The number of carbonyl (C=O) groups is 1. The number of hydrogen-bond donors (Lipinski definition) is 1. The molecule has 0 aliphatic rings. The van der Waals surface area contributed by atoms with Gasteiger partial charge in [0, 0.05) is 9.83 Å². The number of carbonyl (C=O) groups excluding carboxylic acids is 1. The van der Waals surface area contributed by atoms with Crippen molar-refractivity contribution < 1.29 is 13.2 Å². The molecular weight excluding hydrogens is 391 g/mol. The van der Waals surface area contributed by atoms with Crippen molar-refractivity contribution in [2.24, 2.45) is 0 Å². The Morgan fingerprint density at radius 1 is 1.20 bits per heavy atom. The molecule has 0 radical (unpaired) electrons. The average molecular weight is 402 g/mol. The van der Waals surface area contributed by atoms with Crippen LogP contribution in [0.1, 0.15) is 10.4 Å². The molecular formula is C13H11IN2O3S. The van der Waals surface area contributed by atoms with Crippen LogP contribution in [0, 0.1) is 3.57 Å². The highest BCUT2D eigenvalue weighted by atomic mass is 127. The molecule has 0 aliphatic carbocycles. The Bertz CT molecular complexity index is 742. The minimum absolute atomic E-state index is 0.0233. The molecule has 2 rings (SSSR count). The predicted molar refractivity (Wildman–Crippen MR) is 84.5 cm³/mol. The van der Waals surface area contributed by atoms with E-state index in [1.807, 2.05) is 12.1 Å². The maximum atomic E-state index is 12.1. The Balaban J connectivity index is 2.19. The number of amides is 1. The van der Waals surface area contributed by atoms with Gasteiger partial charge in [-0.15, -0.1) is 0 Å². The molecule has 1 amide bonds. The third-order valence-corrected chi connectivity index (χ3v) is 4.43. The minimum atomic E-state index is -3.33. The molecule has 5 nitrogen and oxygen atoms in total. The molecule has 0 atom stereocenters. The van der Waals surface area contributed by atoms with Crippen LogP contribution < -0.4 is 5.32 Å². The van der Waals surface area contributed by atoms with Gasteiger partial charge in [0.1, 0.15) is 0 Å². The molecule has 1 aromatic heterocycles. The minimum Gasteiger partial charge on any atom is -0.321 e. The van der Waals surface area contributed by atoms with Crippen LogP contribution in [0.15, 0.2) is 47.6 Å². The molecule has 0 saturated carbocycles. The monoisotopic (exact) mass is 402 g/mol. The smallest absolute Gasteiger partial charge is 0.256 e. The number of nitrogens with one attached hydrogen (secondary N) is 1. The van der Waals surface area contributed by atoms with Crippen molar-refractivity contribution in [1.29, 1.82) is 0 Å². The number of nitrogens with zero attached hydrogens (tertiary/aromatic N) is 1. The maximum absolute atomic E-state index is 12.1. The lowest BCUT2D eigenvalue weighted by Crippen LogP contribution is -2.13. The van der Waals surface area contributed by atoms with Crippen molar-refractivity contribution in [2.75, 3.05) is 11.6 Å². The fraction of sp³-hybridized carbons (Fsp3) is 0.0769. The van der Waals surface area contributed by atoms with Crippen LogP contribution in [0.25, 0.3) is 0 Å². The Hall–Kier alpha value is -1.48. The second kappa shape index (κ2) is 5.88. The summed E-state index contributed by atoms with van der Waals surface area (Å²) in [4.78, 5) is 15.9. The normalized spacial score (nSPS) is 11.1. The zero-order valence-electron chi connectivity index (χ0n) is 10.5. The summed E-state index contributed by atoms with van der Waals surface area (Å²) in [6.07, 6.45) is 2.41. The fourth-order valence-corrected chi connectivity index (χ4v) is 2.71. The predicted octanol–water partition coefficient (Wildman–Crippen LogP) is 2.34. The van der Waals surface area contributed by atoms with E-state index >= 15 is 0 Å². The van der Waals surface area contributed by atoms with E-state index in [2.05, 4.69) is 32.9 Å². The topological polar surface area (TPSA) is 76.1 Å². The van der Waals surface area contributed by atoms with Gasteiger partial charge in [-0.05, 0) is 46.9 Å². The molecule has 1 aromatic carbocycles. The number of anilines is 1. The number of benzene rings is 1. The molecule has 0 fully saturated rings. The van der Waals surface area contributed by atoms with Crippen LogP contribution >= 0.6 is 22.6 Å². The van der Waals surface area contributed by atoms with E-state index in [9.17, 15) is 13.2 Å². The zero-order valence-corrected chi connectivity index (χ0v) is 13.5. The third-order valence-electron chi connectivity index (χ3n) is 2.49. The second-order valence-electron chi connectivity index (χ2n) is 4.09. The van der Waals surface area contributed by atoms with E-state index in [4.69, 9.17) is 0 Å². The lowest BCUT2D eigenvalue weighted by atomic mass is 10.2. The van der Waals surface area contributed by atoms with E-state index in [0.717, 1.165) is 9.83 Å². The number of rotatable bonds is 3. The van der Waals surface area contributed by atoms with Crippen molar-refractivity contribution in [3.8, 4) is 0 Å². The summed E-state index contributed by atoms with van der Waals surface area (Å²) in [5.74, 6) is -0.260. The largest absolute Gasteiger partial charge is 0.321 e. The SMILES string of the molecule is CS(=O)(=O)c1ccc(NC(=O)c2ccccc2I)cn1. The first-order valence-corrected chi connectivity index (χ1v) is 8.57. The zero-order chi connectivity index (χ0) is 14.8. The number of pyridine rings is 1. The molecule has 0 unspecified atom stereocenters. The van der Waals surface area contributed by atoms with Crippen LogP contribution in [-0.4, -0.2) is 25.6 Å². The van der Waals surface area contributed by atoms with E-state index in [0.29, 0.717) is 11.3 Å². The first-order chi connectivity index (χ1) is 9.38. The molecule has 0 spiro atoms. The Morgan fingerprint density at radius 3 is 2.45 bits per heavy atom. The van der Waals surface area contributed by atoms with Gasteiger partial charge in [-0.1, -0.05) is 12.1 Å². The number of hydrogen-bond acceptors (Lipinski definition) is 4. The molecule has 20 heavy (non-hydrogen) atoms. The molecule has 0 aliphatic heterocycles. The van der Waals surface area contributed by atoms with Crippen molar-refractivity contribution in [3.05, 3.63) is 51.7 Å². The van der Waals surface area contributed by atoms with Crippen molar-refractivity contribution in [3.63, 3.8) is 0 Å². The van der Waals surface area contributed by atoms with Gasteiger partial charge in [-0.25, -0.2) is 13.4 Å². The number of halogens is 1. The van der Waals surface area contributed by atoms with Gasteiger partial charge in [0.05, 0.1) is 17.4 Å². The Morgan fingerprint density at radius 2 is 1.90 bits per heavy atom. The molecule has 104 valence electrons. The molecule has 0 saturated heterocycles.